The Bertz CT molecular complexity index is 1640. The highest BCUT2D eigenvalue weighted by Gasteiger charge is 2.63. The first-order valence-corrected chi connectivity index (χ1v) is 15.3. The molecule has 3 aromatic rings. The number of halogens is 3. The number of carbonyl (C=O) groups excluding carboxylic acids is 3. The summed E-state index contributed by atoms with van der Waals surface area (Å²) < 4.78 is 1.59. The number of amides is 3. The van der Waals surface area contributed by atoms with Gasteiger partial charge in [0.15, 0.2) is 0 Å². The third-order valence-corrected chi connectivity index (χ3v) is 10.5. The van der Waals surface area contributed by atoms with Gasteiger partial charge in [0.1, 0.15) is 0 Å². The lowest BCUT2D eigenvalue weighted by atomic mass is 9.71. The third kappa shape index (κ3) is 4.29. The predicted molar refractivity (Wildman–Crippen MR) is 158 cm³/mol. The second kappa shape index (κ2) is 10.2. The van der Waals surface area contributed by atoms with Gasteiger partial charge in [-0.15, -0.1) is 5.10 Å². The number of hydrogen-bond acceptors (Lipinski definition) is 5. The number of imide groups is 1. The van der Waals surface area contributed by atoms with Crippen LogP contribution in [-0.4, -0.2) is 54.6 Å². The summed E-state index contributed by atoms with van der Waals surface area (Å²) in [7, 11) is 0. The van der Waals surface area contributed by atoms with Crippen LogP contribution in [0.15, 0.2) is 60.8 Å². The molecule has 11 heteroatoms. The molecular formula is C31H28Cl3N5O3. The Hall–Kier alpha value is -3.20. The van der Waals surface area contributed by atoms with Gasteiger partial charge in [-0.3, -0.25) is 19.3 Å². The third-order valence-electron chi connectivity index (χ3n) is 9.49. The van der Waals surface area contributed by atoms with Gasteiger partial charge in [0.2, 0.25) is 17.7 Å². The van der Waals surface area contributed by atoms with Gasteiger partial charge in [0, 0.05) is 12.5 Å². The van der Waals surface area contributed by atoms with E-state index in [0.717, 1.165) is 30.5 Å². The Morgan fingerprint density at radius 1 is 1.00 bits per heavy atom. The average molecular weight is 625 g/mol. The van der Waals surface area contributed by atoms with Crippen LogP contribution < -0.4 is 0 Å². The summed E-state index contributed by atoms with van der Waals surface area (Å²) in [6.07, 6.45) is 8.03. The van der Waals surface area contributed by atoms with Gasteiger partial charge in [-0.25, -0.2) is 4.68 Å². The fourth-order valence-corrected chi connectivity index (χ4v) is 7.88. The minimum absolute atomic E-state index is 0.00234. The molecule has 216 valence electrons. The van der Waals surface area contributed by atoms with E-state index in [-0.39, 0.29) is 41.6 Å². The fourth-order valence-electron chi connectivity index (χ4n) is 7.26. The quantitative estimate of drug-likeness (QED) is 0.207. The number of benzene rings is 2. The molecule has 2 aliphatic carbocycles. The number of nitrogens with zero attached hydrogens (tertiary/aromatic N) is 5. The Morgan fingerprint density at radius 2 is 1.74 bits per heavy atom. The van der Waals surface area contributed by atoms with Crippen molar-refractivity contribution in [1.82, 2.24) is 24.8 Å². The minimum atomic E-state index is -0.693. The molecule has 5 atom stereocenters. The van der Waals surface area contributed by atoms with Gasteiger partial charge >= 0.3 is 0 Å². The highest BCUT2D eigenvalue weighted by Crippen LogP contribution is 2.58. The maximum absolute atomic E-state index is 14.4. The summed E-state index contributed by atoms with van der Waals surface area (Å²) in [5.41, 5.74) is 1.86. The molecule has 2 aromatic carbocycles. The maximum Gasteiger partial charge on any atom is 0.237 e. The van der Waals surface area contributed by atoms with Crippen molar-refractivity contribution >= 4 is 52.5 Å². The molecule has 0 radical (unpaired) electrons. The number of allylic oxidation sites excluding steroid dienone is 1. The topological polar surface area (TPSA) is 88.4 Å². The Morgan fingerprint density at radius 3 is 2.48 bits per heavy atom. The second-order valence-corrected chi connectivity index (χ2v) is 13.0. The molecular weight excluding hydrogens is 597 g/mol. The van der Waals surface area contributed by atoms with Gasteiger partial charge in [0.05, 0.1) is 62.5 Å². The van der Waals surface area contributed by atoms with Crippen molar-refractivity contribution in [3.8, 4) is 5.69 Å². The number of hydrogen-bond donors (Lipinski definition) is 0. The van der Waals surface area contributed by atoms with E-state index in [9.17, 15) is 14.4 Å². The van der Waals surface area contributed by atoms with Crippen LogP contribution in [0.5, 0.6) is 0 Å². The summed E-state index contributed by atoms with van der Waals surface area (Å²) in [5.74, 6) is -2.61. The summed E-state index contributed by atoms with van der Waals surface area (Å²) in [6, 6.07) is 12.7. The molecule has 2 saturated heterocycles. The van der Waals surface area contributed by atoms with Gasteiger partial charge in [-0.2, -0.15) is 0 Å². The fraction of sp³-hybridized carbons (Fsp3) is 0.387. The first-order valence-electron chi connectivity index (χ1n) is 14.2. The summed E-state index contributed by atoms with van der Waals surface area (Å²) >= 11 is 18.7. The molecule has 4 aliphatic rings. The van der Waals surface area contributed by atoms with Crippen molar-refractivity contribution in [2.24, 2.45) is 23.7 Å². The van der Waals surface area contributed by atoms with Crippen LogP contribution in [0.25, 0.3) is 5.69 Å². The Balaban J connectivity index is 1.14. The molecule has 3 heterocycles. The van der Waals surface area contributed by atoms with Crippen molar-refractivity contribution in [3.05, 3.63) is 87.1 Å². The monoisotopic (exact) mass is 623 g/mol. The van der Waals surface area contributed by atoms with Crippen molar-refractivity contribution in [2.75, 3.05) is 6.54 Å². The van der Waals surface area contributed by atoms with Gasteiger partial charge in [0.25, 0.3) is 0 Å². The van der Waals surface area contributed by atoms with E-state index in [1.54, 1.807) is 16.8 Å². The van der Waals surface area contributed by atoms with E-state index >= 15 is 0 Å². The molecule has 5 unspecified atom stereocenters. The summed E-state index contributed by atoms with van der Waals surface area (Å²) in [4.78, 5) is 44.8. The lowest BCUT2D eigenvalue weighted by Crippen LogP contribution is -2.49. The second-order valence-electron chi connectivity index (χ2n) is 11.8. The number of carbonyl (C=O) groups is 3. The van der Waals surface area contributed by atoms with Crippen molar-refractivity contribution < 1.29 is 14.4 Å². The minimum Gasteiger partial charge on any atom is -0.336 e. The van der Waals surface area contributed by atoms with E-state index in [1.165, 1.54) is 4.90 Å². The van der Waals surface area contributed by atoms with Gasteiger partial charge < -0.3 is 4.90 Å². The molecule has 3 fully saturated rings. The van der Waals surface area contributed by atoms with Crippen LogP contribution in [-0.2, 0) is 20.9 Å². The number of fused-ring (bicyclic) bond motifs is 1. The van der Waals surface area contributed by atoms with Crippen molar-refractivity contribution in [2.45, 2.75) is 44.2 Å². The first-order chi connectivity index (χ1) is 20.2. The smallest absolute Gasteiger partial charge is 0.237 e. The SMILES string of the molecule is CC1C=CC2C(=O)N(Cc3ccccc3)C(=O)C2C1C(=O)N1CCC(c2cn(-c3cc(Cl)c(Cl)cc3Cl)nn2)C12CC2. The zero-order chi connectivity index (χ0) is 29.3. The van der Waals surface area contributed by atoms with Crippen LogP contribution in [0.3, 0.4) is 0 Å². The lowest BCUT2D eigenvalue weighted by molar-refractivity contribution is -0.147. The molecule has 42 heavy (non-hydrogen) atoms. The molecule has 1 spiro atoms. The zero-order valence-electron chi connectivity index (χ0n) is 22.8. The first kappa shape index (κ1) is 27.6. The molecule has 3 amide bonds. The average Bonchev–Trinajstić information content (AvgIpc) is 3.35. The van der Waals surface area contributed by atoms with Crippen LogP contribution in [0.4, 0.5) is 0 Å². The van der Waals surface area contributed by atoms with Crippen LogP contribution in [0.2, 0.25) is 15.1 Å². The lowest BCUT2D eigenvalue weighted by Gasteiger charge is -2.37. The predicted octanol–water partition coefficient (Wildman–Crippen LogP) is 5.70. The molecule has 0 N–H and O–H groups in total. The zero-order valence-corrected chi connectivity index (χ0v) is 25.1. The number of likely N-dealkylation sites (tertiary alicyclic amines) is 2. The van der Waals surface area contributed by atoms with Gasteiger partial charge in [-0.1, -0.05) is 89.4 Å². The highest BCUT2D eigenvalue weighted by atomic mass is 35.5. The van der Waals surface area contributed by atoms with Gasteiger partial charge in [-0.05, 0) is 42.9 Å². The molecule has 0 bridgehead atoms. The molecule has 1 aromatic heterocycles. The van der Waals surface area contributed by atoms with Crippen molar-refractivity contribution in [3.63, 3.8) is 0 Å². The standard InChI is InChI=1S/C31H28Cl3N5O3/c1-17-7-8-19-27(29(41)37(28(19)40)15-18-5-3-2-4-6-18)26(17)30(42)38-12-9-20(31(38)10-11-31)24-16-39(36-35-24)25-14-22(33)21(32)13-23(25)34/h2-8,13-14,16-17,19-20,26-27H,9-12,15H2,1H3. The number of rotatable bonds is 5. The normalized spacial score (nSPS) is 27.7. The largest absolute Gasteiger partial charge is 0.336 e. The summed E-state index contributed by atoms with van der Waals surface area (Å²) in [5, 5.41) is 9.90. The van der Waals surface area contributed by atoms with E-state index in [2.05, 4.69) is 10.3 Å². The van der Waals surface area contributed by atoms with Crippen LogP contribution >= 0.6 is 34.8 Å². The van der Waals surface area contributed by atoms with Crippen LogP contribution in [0, 0.1) is 23.7 Å². The molecule has 1 saturated carbocycles. The Kier molecular flexibility index (Phi) is 6.72. The van der Waals surface area contributed by atoms with Crippen LogP contribution in [0.1, 0.15) is 43.4 Å². The Labute approximate surface area is 258 Å². The van der Waals surface area contributed by atoms with E-state index in [1.807, 2.05) is 60.5 Å². The molecule has 2 aliphatic heterocycles. The molecule has 8 nitrogen and oxygen atoms in total. The molecule has 7 rings (SSSR count). The maximum atomic E-state index is 14.4. The highest BCUT2D eigenvalue weighted by molar-refractivity contribution is 6.43. The van der Waals surface area contributed by atoms with E-state index in [0.29, 0.717) is 27.3 Å². The summed E-state index contributed by atoms with van der Waals surface area (Å²) in [6.45, 7) is 2.74. The van der Waals surface area contributed by atoms with E-state index < -0.39 is 17.8 Å². The van der Waals surface area contributed by atoms with E-state index in [4.69, 9.17) is 34.8 Å². The van der Waals surface area contributed by atoms with Crippen molar-refractivity contribution in [1.29, 1.82) is 0 Å². The number of aromatic nitrogens is 3.